The fraction of sp³-hybridized carbons (Fsp3) is 0.647. The van der Waals surface area contributed by atoms with Crippen LogP contribution in [0.1, 0.15) is 58.4 Å². The first-order chi connectivity index (χ1) is 9.63. The molecular formula is C17H28O3. The summed E-state index contributed by atoms with van der Waals surface area (Å²) in [6.07, 6.45) is 2.36. The number of benzene rings is 1. The highest BCUT2D eigenvalue weighted by atomic mass is 16.5. The number of hydrogen-bond acceptors (Lipinski definition) is 3. The van der Waals surface area contributed by atoms with Crippen molar-refractivity contribution >= 4 is 0 Å². The van der Waals surface area contributed by atoms with Gasteiger partial charge in [0.1, 0.15) is 0 Å². The summed E-state index contributed by atoms with van der Waals surface area (Å²) < 4.78 is 11.5. The first kappa shape index (κ1) is 16.8. The number of rotatable bonds is 9. The Morgan fingerprint density at radius 3 is 2.15 bits per heavy atom. The Hall–Kier alpha value is -1.22. The average Bonchev–Trinajstić information content (AvgIpc) is 2.49. The van der Waals surface area contributed by atoms with E-state index in [2.05, 4.69) is 13.8 Å². The fourth-order valence-corrected chi connectivity index (χ4v) is 2.04. The number of ether oxygens (including phenoxy) is 2. The van der Waals surface area contributed by atoms with Crippen molar-refractivity contribution in [3.8, 4) is 11.5 Å². The second-order valence-corrected chi connectivity index (χ2v) is 5.17. The van der Waals surface area contributed by atoms with E-state index < -0.39 is 0 Å². The monoisotopic (exact) mass is 280 g/mol. The Morgan fingerprint density at radius 2 is 1.60 bits per heavy atom. The van der Waals surface area contributed by atoms with Crippen LogP contribution in [0.15, 0.2) is 18.2 Å². The fourth-order valence-electron chi connectivity index (χ4n) is 2.04. The molecule has 1 N–H and O–H groups in total. The van der Waals surface area contributed by atoms with E-state index in [9.17, 15) is 5.11 Å². The van der Waals surface area contributed by atoms with E-state index in [4.69, 9.17) is 9.47 Å². The molecular weight excluding hydrogens is 252 g/mol. The van der Waals surface area contributed by atoms with Crippen molar-refractivity contribution in [2.75, 3.05) is 13.2 Å². The summed E-state index contributed by atoms with van der Waals surface area (Å²) in [6.45, 7) is 9.57. The van der Waals surface area contributed by atoms with Gasteiger partial charge in [-0.2, -0.15) is 0 Å². The summed E-state index contributed by atoms with van der Waals surface area (Å²) >= 11 is 0. The molecule has 0 saturated heterocycles. The van der Waals surface area contributed by atoms with Gasteiger partial charge < -0.3 is 14.6 Å². The smallest absolute Gasteiger partial charge is 0.161 e. The first-order valence-corrected chi connectivity index (χ1v) is 7.71. The van der Waals surface area contributed by atoms with Crippen LogP contribution in [-0.2, 0) is 0 Å². The Morgan fingerprint density at radius 1 is 1.00 bits per heavy atom. The first-order valence-electron chi connectivity index (χ1n) is 7.71. The van der Waals surface area contributed by atoms with Crippen molar-refractivity contribution in [3.05, 3.63) is 23.8 Å². The van der Waals surface area contributed by atoms with Crippen LogP contribution in [-0.4, -0.2) is 24.4 Å². The highest BCUT2D eigenvalue weighted by molar-refractivity contribution is 5.44. The molecule has 0 bridgehead atoms. The van der Waals surface area contributed by atoms with Crippen LogP contribution in [0.25, 0.3) is 0 Å². The molecule has 0 aliphatic rings. The lowest BCUT2D eigenvalue weighted by molar-refractivity contribution is 0.145. The number of hydrogen-bond donors (Lipinski definition) is 1. The summed E-state index contributed by atoms with van der Waals surface area (Å²) in [4.78, 5) is 0. The predicted molar refractivity (Wildman–Crippen MR) is 82.7 cm³/mol. The lowest BCUT2D eigenvalue weighted by Crippen LogP contribution is -2.14. The van der Waals surface area contributed by atoms with Gasteiger partial charge in [-0.25, -0.2) is 0 Å². The van der Waals surface area contributed by atoms with Crippen LogP contribution in [0.4, 0.5) is 0 Å². The molecule has 0 spiro atoms. The standard InChI is InChI=1S/C17H28O3/c1-5-10-19-16-9-8-14(13(4)15(18)7-3)12-17(16)20-11-6-2/h8-9,12-13,15,18H,5-7,10-11H2,1-4H3. The molecule has 1 aromatic carbocycles. The predicted octanol–water partition coefficient (Wildman–Crippen LogP) is 4.14. The van der Waals surface area contributed by atoms with E-state index in [0.717, 1.165) is 36.3 Å². The van der Waals surface area contributed by atoms with Crippen molar-refractivity contribution in [2.45, 2.75) is 59.0 Å². The minimum atomic E-state index is -0.323. The summed E-state index contributed by atoms with van der Waals surface area (Å²) in [7, 11) is 0. The van der Waals surface area contributed by atoms with Crippen LogP contribution in [0.5, 0.6) is 11.5 Å². The minimum absolute atomic E-state index is 0.101. The van der Waals surface area contributed by atoms with Crippen LogP contribution < -0.4 is 9.47 Å². The molecule has 20 heavy (non-hydrogen) atoms. The summed E-state index contributed by atoms with van der Waals surface area (Å²) in [6, 6.07) is 5.98. The Labute approximate surface area is 122 Å². The van der Waals surface area contributed by atoms with Gasteiger partial charge in [-0.1, -0.05) is 33.8 Å². The molecule has 0 aliphatic heterocycles. The maximum Gasteiger partial charge on any atom is 0.161 e. The SMILES string of the molecule is CCCOc1ccc(C(C)C(O)CC)cc1OCCC. The quantitative estimate of drug-likeness (QED) is 0.739. The van der Waals surface area contributed by atoms with E-state index in [0.29, 0.717) is 13.2 Å². The second-order valence-electron chi connectivity index (χ2n) is 5.17. The van der Waals surface area contributed by atoms with Crippen molar-refractivity contribution in [3.63, 3.8) is 0 Å². The Balaban J connectivity index is 2.93. The molecule has 0 saturated carbocycles. The molecule has 0 aromatic heterocycles. The molecule has 1 aromatic rings. The van der Waals surface area contributed by atoms with Gasteiger partial charge in [0.2, 0.25) is 0 Å². The minimum Gasteiger partial charge on any atom is -0.490 e. The van der Waals surface area contributed by atoms with Crippen LogP contribution in [0, 0.1) is 0 Å². The summed E-state index contributed by atoms with van der Waals surface area (Å²) in [5, 5.41) is 9.99. The molecule has 2 unspecified atom stereocenters. The average molecular weight is 280 g/mol. The Bertz CT molecular complexity index is 390. The van der Waals surface area contributed by atoms with E-state index >= 15 is 0 Å². The van der Waals surface area contributed by atoms with Crippen LogP contribution in [0.3, 0.4) is 0 Å². The van der Waals surface area contributed by atoms with Crippen molar-refractivity contribution in [1.82, 2.24) is 0 Å². The maximum atomic E-state index is 9.99. The highest BCUT2D eigenvalue weighted by Gasteiger charge is 2.16. The Kier molecular flexibility index (Phi) is 7.45. The molecule has 3 heteroatoms. The lowest BCUT2D eigenvalue weighted by Gasteiger charge is -2.20. The van der Waals surface area contributed by atoms with Gasteiger partial charge >= 0.3 is 0 Å². The largest absolute Gasteiger partial charge is 0.490 e. The van der Waals surface area contributed by atoms with Gasteiger partial charge in [-0.3, -0.25) is 0 Å². The summed E-state index contributed by atoms with van der Waals surface area (Å²) in [5.41, 5.74) is 1.09. The topological polar surface area (TPSA) is 38.7 Å². The molecule has 3 nitrogen and oxygen atoms in total. The zero-order valence-corrected chi connectivity index (χ0v) is 13.2. The maximum absolute atomic E-state index is 9.99. The molecule has 0 fully saturated rings. The van der Waals surface area contributed by atoms with E-state index in [1.807, 2.05) is 32.0 Å². The molecule has 0 radical (unpaired) electrons. The van der Waals surface area contributed by atoms with Gasteiger partial charge in [0.25, 0.3) is 0 Å². The zero-order valence-electron chi connectivity index (χ0n) is 13.2. The molecule has 1 rings (SSSR count). The molecule has 114 valence electrons. The molecule has 0 aliphatic carbocycles. The molecule has 0 heterocycles. The normalized spacial score (nSPS) is 13.8. The van der Waals surface area contributed by atoms with Crippen molar-refractivity contribution in [1.29, 1.82) is 0 Å². The van der Waals surface area contributed by atoms with Crippen LogP contribution >= 0.6 is 0 Å². The van der Waals surface area contributed by atoms with Gasteiger partial charge in [0.05, 0.1) is 19.3 Å². The second kappa shape index (κ2) is 8.85. The van der Waals surface area contributed by atoms with Gasteiger partial charge in [0, 0.05) is 5.92 Å². The van der Waals surface area contributed by atoms with E-state index in [1.165, 1.54) is 0 Å². The van der Waals surface area contributed by atoms with Crippen molar-refractivity contribution < 1.29 is 14.6 Å². The zero-order chi connectivity index (χ0) is 15.0. The van der Waals surface area contributed by atoms with Gasteiger partial charge in [-0.05, 0) is 37.0 Å². The third-order valence-corrected chi connectivity index (χ3v) is 3.41. The number of aliphatic hydroxyl groups excluding tert-OH is 1. The van der Waals surface area contributed by atoms with E-state index in [1.54, 1.807) is 0 Å². The van der Waals surface area contributed by atoms with E-state index in [-0.39, 0.29) is 12.0 Å². The number of aliphatic hydroxyl groups is 1. The highest BCUT2D eigenvalue weighted by Crippen LogP contribution is 2.33. The van der Waals surface area contributed by atoms with Gasteiger partial charge in [0.15, 0.2) is 11.5 Å². The third kappa shape index (κ3) is 4.71. The van der Waals surface area contributed by atoms with Crippen molar-refractivity contribution in [2.24, 2.45) is 0 Å². The van der Waals surface area contributed by atoms with Gasteiger partial charge in [-0.15, -0.1) is 0 Å². The summed E-state index contributed by atoms with van der Waals surface area (Å²) in [5.74, 6) is 1.68. The third-order valence-electron chi connectivity index (χ3n) is 3.41. The molecule has 2 atom stereocenters. The van der Waals surface area contributed by atoms with Crippen LogP contribution in [0.2, 0.25) is 0 Å². The molecule has 0 amide bonds. The lowest BCUT2D eigenvalue weighted by atomic mass is 9.93.